The number of thiophene rings is 1. The van der Waals surface area contributed by atoms with Gasteiger partial charge < -0.3 is 4.74 Å². The van der Waals surface area contributed by atoms with Gasteiger partial charge in [0, 0.05) is 29.7 Å². The van der Waals surface area contributed by atoms with Crippen LogP contribution >= 0.6 is 11.3 Å². The molecule has 0 spiro atoms. The van der Waals surface area contributed by atoms with E-state index in [1.165, 1.54) is 6.07 Å². The quantitative estimate of drug-likeness (QED) is 0.481. The zero-order valence-corrected chi connectivity index (χ0v) is 15.0. The molecule has 2 aliphatic rings. The number of nitro groups is 1. The van der Waals surface area contributed by atoms with Crippen molar-refractivity contribution in [3.05, 3.63) is 92.2 Å². The second kappa shape index (κ2) is 6.21. The van der Waals surface area contributed by atoms with Crippen molar-refractivity contribution in [1.82, 2.24) is 5.01 Å². The Bertz CT molecular complexity index is 1050. The SMILES string of the molecule is O=[N+]([O-])c1cccc(C2Oc3ccccc3C3CC(c4cccs4)=NN32)c1. The lowest BCUT2D eigenvalue weighted by molar-refractivity contribution is -0.385. The molecule has 5 rings (SSSR count). The summed E-state index contributed by atoms with van der Waals surface area (Å²) in [5.74, 6) is 0.804. The van der Waals surface area contributed by atoms with E-state index in [1.807, 2.05) is 40.7 Å². The van der Waals surface area contributed by atoms with E-state index in [0.717, 1.165) is 33.9 Å². The Balaban J connectivity index is 1.61. The van der Waals surface area contributed by atoms with Crippen LogP contribution in [0.3, 0.4) is 0 Å². The molecule has 3 aromatic rings. The highest BCUT2D eigenvalue weighted by Gasteiger charge is 2.41. The topological polar surface area (TPSA) is 68.0 Å². The van der Waals surface area contributed by atoms with E-state index in [0.29, 0.717) is 0 Å². The van der Waals surface area contributed by atoms with E-state index in [9.17, 15) is 10.1 Å². The molecule has 7 heteroatoms. The van der Waals surface area contributed by atoms with Gasteiger partial charge in [-0.05, 0) is 17.5 Å². The Morgan fingerprint density at radius 2 is 2.04 bits per heavy atom. The van der Waals surface area contributed by atoms with Gasteiger partial charge in [-0.3, -0.25) is 10.1 Å². The van der Waals surface area contributed by atoms with Gasteiger partial charge in [0.1, 0.15) is 5.75 Å². The number of ether oxygens (including phenoxy) is 1. The molecule has 0 amide bonds. The lowest BCUT2D eigenvalue weighted by Gasteiger charge is -2.38. The highest BCUT2D eigenvalue weighted by atomic mass is 32.1. The van der Waals surface area contributed by atoms with Crippen LogP contribution in [0.2, 0.25) is 0 Å². The zero-order chi connectivity index (χ0) is 18.4. The zero-order valence-electron chi connectivity index (χ0n) is 14.2. The molecular weight excluding hydrogens is 362 g/mol. The minimum Gasteiger partial charge on any atom is -0.464 e. The minimum atomic E-state index is -0.498. The van der Waals surface area contributed by atoms with Crippen LogP contribution in [0, 0.1) is 10.1 Å². The highest BCUT2D eigenvalue weighted by Crippen LogP contribution is 2.47. The number of nitrogens with zero attached hydrogens (tertiary/aromatic N) is 3. The maximum atomic E-state index is 11.2. The lowest BCUT2D eigenvalue weighted by atomic mass is 9.97. The first-order valence-corrected chi connectivity index (χ1v) is 9.48. The number of hydrogen-bond acceptors (Lipinski definition) is 6. The van der Waals surface area contributed by atoms with Crippen molar-refractivity contribution in [2.24, 2.45) is 5.10 Å². The van der Waals surface area contributed by atoms with E-state index in [2.05, 4.69) is 12.1 Å². The van der Waals surface area contributed by atoms with Gasteiger partial charge in [-0.1, -0.05) is 36.4 Å². The van der Waals surface area contributed by atoms with Crippen LogP contribution in [0.4, 0.5) is 5.69 Å². The Hall–Kier alpha value is -3.19. The molecule has 0 fully saturated rings. The number of nitro benzene ring substituents is 1. The smallest absolute Gasteiger partial charge is 0.269 e. The van der Waals surface area contributed by atoms with Crippen LogP contribution in [0.25, 0.3) is 0 Å². The van der Waals surface area contributed by atoms with Gasteiger partial charge >= 0.3 is 0 Å². The summed E-state index contributed by atoms with van der Waals surface area (Å²) >= 11 is 1.66. The largest absolute Gasteiger partial charge is 0.464 e. The van der Waals surface area contributed by atoms with Gasteiger partial charge in [0.05, 0.1) is 21.6 Å². The van der Waals surface area contributed by atoms with Crippen molar-refractivity contribution >= 4 is 22.7 Å². The van der Waals surface area contributed by atoms with Gasteiger partial charge in [0.15, 0.2) is 0 Å². The van der Waals surface area contributed by atoms with Gasteiger partial charge in [0.25, 0.3) is 5.69 Å². The maximum Gasteiger partial charge on any atom is 0.269 e. The normalized spacial score (nSPS) is 20.4. The standard InChI is InChI=1S/C20H15N3O3S/c24-23(25)14-6-3-5-13(11-14)20-22-17(15-7-1-2-8-18(15)26-20)12-16(21-22)19-9-4-10-27-19/h1-11,17,20H,12H2. The molecule has 0 aliphatic carbocycles. The summed E-state index contributed by atoms with van der Waals surface area (Å²) in [5, 5.41) is 20.0. The molecule has 0 bridgehead atoms. The van der Waals surface area contributed by atoms with Crippen molar-refractivity contribution in [2.45, 2.75) is 18.7 Å². The molecule has 1 aromatic heterocycles. The summed E-state index contributed by atoms with van der Waals surface area (Å²) in [6.45, 7) is 0. The number of rotatable bonds is 3. The summed E-state index contributed by atoms with van der Waals surface area (Å²) in [4.78, 5) is 11.9. The molecule has 2 aliphatic heterocycles. The number of para-hydroxylation sites is 1. The average Bonchev–Trinajstić information content (AvgIpc) is 3.37. The molecule has 3 heterocycles. The minimum absolute atomic E-state index is 0.0492. The average molecular weight is 377 g/mol. The number of hydrazone groups is 1. The van der Waals surface area contributed by atoms with E-state index in [4.69, 9.17) is 9.84 Å². The monoisotopic (exact) mass is 377 g/mol. The van der Waals surface area contributed by atoms with Crippen LogP contribution in [-0.2, 0) is 0 Å². The predicted octanol–water partition coefficient (Wildman–Crippen LogP) is 4.90. The fraction of sp³-hybridized carbons (Fsp3) is 0.150. The predicted molar refractivity (Wildman–Crippen MR) is 103 cm³/mol. The molecular formula is C20H15N3O3S. The molecule has 0 saturated carbocycles. The summed E-state index contributed by atoms with van der Waals surface area (Å²) < 4.78 is 6.23. The number of fused-ring (bicyclic) bond motifs is 3. The van der Waals surface area contributed by atoms with Crippen LogP contribution in [0.15, 0.2) is 71.1 Å². The van der Waals surface area contributed by atoms with Crippen LogP contribution in [0.5, 0.6) is 5.75 Å². The number of non-ortho nitro benzene ring substituents is 1. The lowest BCUT2D eigenvalue weighted by Crippen LogP contribution is -2.33. The molecule has 27 heavy (non-hydrogen) atoms. The number of benzene rings is 2. The molecule has 134 valence electrons. The molecule has 2 unspecified atom stereocenters. The molecule has 0 saturated heterocycles. The maximum absolute atomic E-state index is 11.2. The summed E-state index contributed by atoms with van der Waals surface area (Å²) in [5.41, 5.74) is 2.88. The molecule has 2 aromatic carbocycles. The van der Waals surface area contributed by atoms with E-state index in [1.54, 1.807) is 23.5 Å². The van der Waals surface area contributed by atoms with Crippen molar-refractivity contribution in [3.63, 3.8) is 0 Å². The summed E-state index contributed by atoms with van der Waals surface area (Å²) in [7, 11) is 0. The van der Waals surface area contributed by atoms with Crippen LogP contribution in [0.1, 0.15) is 34.7 Å². The van der Waals surface area contributed by atoms with E-state index >= 15 is 0 Å². The third-order valence-electron chi connectivity index (χ3n) is 4.87. The van der Waals surface area contributed by atoms with Gasteiger partial charge in [0.2, 0.25) is 6.23 Å². The van der Waals surface area contributed by atoms with Gasteiger partial charge in [-0.2, -0.15) is 5.10 Å². The molecule has 0 radical (unpaired) electrons. The van der Waals surface area contributed by atoms with E-state index in [-0.39, 0.29) is 16.7 Å². The Labute approximate surface area is 159 Å². The third kappa shape index (κ3) is 2.67. The number of hydrogen-bond donors (Lipinski definition) is 0. The van der Waals surface area contributed by atoms with Crippen LogP contribution < -0.4 is 4.74 Å². The van der Waals surface area contributed by atoms with Crippen molar-refractivity contribution in [1.29, 1.82) is 0 Å². The first-order valence-electron chi connectivity index (χ1n) is 8.60. The summed E-state index contributed by atoms with van der Waals surface area (Å²) in [6.07, 6.45) is 0.286. The van der Waals surface area contributed by atoms with Crippen molar-refractivity contribution < 1.29 is 9.66 Å². The van der Waals surface area contributed by atoms with Gasteiger partial charge in [-0.25, -0.2) is 5.01 Å². The second-order valence-corrected chi connectivity index (χ2v) is 7.43. The second-order valence-electron chi connectivity index (χ2n) is 6.48. The first-order chi connectivity index (χ1) is 13.2. The fourth-order valence-electron chi connectivity index (χ4n) is 3.64. The van der Waals surface area contributed by atoms with Crippen molar-refractivity contribution in [3.8, 4) is 5.75 Å². The van der Waals surface area contributed by atoms with E-state index < -0.39 is 6.23 Å². The third-order valence-corrected chi connectivity index (χ3v) is 5.79. The van der Waals surface area contributed by atoms with Crippen molar-refractivity contribution in [2.75, 3.05) is 0 Å². The Morgan fingerprint density at radius 1 is 1.15 bits per heavy atom. The summed E-state index contributed by atoms with van der Waals surface area (Å²) in [6, 6.07) is 18.7. The first kappa shape index (κ1) is 16.0. The molecule has 2 atom stereocenters. The Morgan fingerprint density at radius 3 is 2.85 bits per heavy atom. The molecule has 6 nitrogen and oxygen atoms in total. The highest BCUT2D eigenvalue weighted by molar-refractivity contribution is 7.12. The van der Waals surface area contributed by atoms with Crippen LogP contribution in [-0.4, -0.2) is 15.6 Å². The fourth-order valence-corrected chi connectivity index (χ4v) is 4.36. The van der Waals surface area contributed by atoms with Gasteiger partial charge in [-0.15, -0.1) is 11.3 Å². The molecule has 0 N–H and O–H groups in total. The Kier molecular flexibility index (Phi) is 3.68.